The van der Waals surface area contributed by atoms with Crippen molar-refractivity contribution in [2.75, 3.05) is 31.6 Å². The van der Waals surface area contributed by atoms with Crippen LogP contribution in [0.5, 0.6) is 5.75 Å². The molecule has 3 N–H and O–H groups in total. The molecule has 0 aromatic heterocycles. The number of nitrogens with zero attached hydrogens (tertiary/aromatic N) is 2. The average Bonchev–Trinajstić information content (AvgIpc) is 3.01. The lowest BCUT2D eigenvalue weighted by molar-refractivity contribution is -0.154. The number of methoxy groups -OCH3 is 1. The summed E-state index contributed by atoms with van der Waals surface area (Å²) in [4.78, 5) is 50.6. The third kappa shape index (κ3) is 9.86. The van der Waals surface area contributed by atoms with Crippen LogP contribution in [0.15, 0.2) is 36.4 Å². The molecule has 10 heteroatoms. The molecule has 3 aliphatic rings. The van der Waals surface area contributed by atoms with Crippen molar-refractivity contribution in [2.45, 2.75) is 89.6 Å². The molecule has 1 aromatic carbocycles. The van der Waals surface area contributed by atoms with Gasteiger partial charge in [0.2, 0.25) is 11.8 Å². The first-order valence-electron chi connectivity index (χ1n) is 15.3. The Bertz CT molecular complexity index is 1030. The average molecular weight is 586 g/mol. The fourth-order valence-electron chi connectivity index (χ4n) is 6.39. The number of piperazine rings is 1. The molecule has 0 bridgehead atoms. The summed E-state index contributed by atoms with van der Waals surface area (Å²) in [7, 11) is 1.71. The number of imide groups is 1. The number of nitrogens with one attached hydrogen (secondary N) is 1. The van der Waals surface area contributed by atoms with Crippen LogP contribution in [-0.4, -0.2) is 77.7 Å². The Labute approximate surface area is 249 Å². The Morgan fingerprint density at radius 3 is 1.95 bits per heavy atom. The van der Waals surface area contributed by atoms with E-state index in [-0.39, 0.29) is 35.7 Å². The van der Waals surface area contributed by atoms with Crippen molar-refractivity contribution < 1.29 is 34.1 Å². The van der Waals surface area contributed by atoms with Crippen LogP contribution in [0.4, 0.5) is 5.69 Å². The van der Waals surface area contributed by atoms with Crippen LogP contribution in [-0.2, 0) is 19.2 Å². The van der Waals surface area contributed by atoms with Crippen LogP contribution in [0.2, 0.25) is 0 Å². The lowest BCUT2D eigenvalue weighted by Gasteiger charge is -2.40. The standard InChI is InChI=1S/C28H43N3O3.C4H4O4/c1-21(19-24-20-30(18-17-29-24)25-15-9-10-16-26(25)34-2)31(27(32)22-11-5-3-6-12-22)28(33)23-13-7-4-8-14-23;5-3(6)1-2-4(7)8/h9-10,15-16,21-24,29H,3-8,11-14,17-20H2,1-2H3;1-2H,(H,5,6)(H,7,8)/b;2-1+. The molecule has 0 spiro atoms. The van der Waals surface area contributed by atoms with Gasteiger partial charge in [0.1, 0.15) is 5.75 Å². The highest BCUT2D eigenvalue weighted by Crippen LogP contribution is 2.32. The number of carboxylic acids is 2. The number of hydrogen-bond donors (Lipinski definition) is 3. The first-order valence-corrected chi connectivity index (χ1v) is 15.3. The van der Waals surface area contributed by atoms with E-state index in [2.05, 4.69) is 23.2 Å². The van der Waals surface area contributed by atoms with E-state index in [4.69, 9.17) is 14.9 Å². The zero-order valence-electron chi connectivity index (χ0n) is 25.0. The SMILES string of the molecule is COc1ccccc1N1CCNC(CC(C)N(C(=O)C2CCCCC2)C(=O)C2CCCCC2)C1.O=C(O)/C=C/C(=O)O. The van der Waals surface area contributed by atoms with Gasteiger partial charge in [-0.2, -0.15) is 0 Å². The maximum absolute atomic E-state index is 13.7. The van der Waals surface area contributed by atoms with Crippen molar-refractivity contribution in [1.82, 2.24) is 10.2 Å². The van der Waals surface area contributed by atoms with Gasteiger partial charge in [-0.1, -0.05) is 50.7 Å². The minimum Gasteiger partial charge on any atom is -0.495 e. The Balaban J connectivity index is 0.000000531. The molecule has 2 amide bonds. The summed E-state index contributed by atoms with van der Waals surface area (Å²) in [5.74, 6) is -1.39. The molecule has 42 heavy (non-hydrogen) atoms. The smallest absolute Gasteiger partial charge is 0.328 e. The van der Waals surface area contributed by atoms with E-state index in [1.54, 1.807) is 12.0 Å². The monoisotopic (exact) mass is 585 g/mol. The predicted octanol–water partition coefficient (Wildman–Crippen LogP) is 4.48. The summed E-state index contributed by atoms with van der Waals surface area (Å²) in [6.45, 7) is 4.72. The number of carbonyl (C=O) groups is 4. The van der Waals surface area contributed by atoms with Crippen molar-refractivity contribution >= 4 is 29.4 Å². The van der Waals surface area contributed by atoms with E-state index in [1.165, 1.54) is 12.8 Å². The maximum atomic E-state index is 13.7. The van der Waals surface area contributed by atoms with Gasteiger partial charge in [-0.15, -0.1) is 0 Å². The normalized spacial score (nSPS) is 20.7. The molecule has 2 atom stereocenters. The van der Waals surface area contributed by atoms with Gasteiger partial charge >= 0.3 is 11.9 Å². The summed E-state index contributed by atoms with van der Waals surface area (Å²) in [5, 5.41) is 19.3. The molecule has 232 valence electrons. The predicted molar refractivity (Wildman–Crippen MR) is 160 cm³/mol. The zero-order chi connectivity index (χ0) is 30.5. The summed E-state index contributed by atoms with van der Waals surface area (Å²) >= 11 is 0. The van der Waals surface area contributed by atoms with Crippen molar-refractivity contribution in [3.63, 3.8) is 0 Å². The summed E-state index contributed by atoms with van der Waals surface area (Å²) < 4.78 is 5.59. The molecule has 1 aliphatic heterocycles. The largest absolute Gasteiger partial charge is 0.495 e. The minimum absolute atomic E-state index is 0.0214. The van der Waals surface area contributed by atoms with Gasteiger partial charge in [-0.05, 0) is 51.2 Å². The number of rotatable bonds is 9. The third-order valence-electron chi connectivity index (χ3n) is 8.50. The Kier molecular flexibility index (Phi) is 13.3. The fourth-order valence-corrected chi connectivity index (χ4v) is 6.39. The molecular formula is C32H47N3O7. The lowest BCUT2D eigenvalue weighted by atomic mass is 9.85. The first-order chi connectivity index (χ1) is 20.2. The van der Waals surface area contributed by atoms with Crippen molar-refractivity contribution in [3.05, 3.63) is 36.4 Å². The molecule has 1 saturated heterocycles. The second-order valence-corrected chi connectivity index (χ2v) is 11.6. The third-order valence-corrected chi connectivity index (χ3v) is 8.50. The number of benzene rings is 1. The maximum Gasteiger partial charge on any atom is 0.328 e. The Morgan fingerprint density at radius 1 is 0.929 bits per heavy atom. The second kappa shape index (κ2) is 16.9. The molecule has 10 nitrogen and oxygen atoms in total. The highest BCUT2D eigenvalue weighted by molar-refractivity contribution is 5.98. The van der Waals surface area contributed by atoms with E-state index < -0.39 is 11.9 Å². The summed E-state index contributed by atoms with van der Waals surface area (Å²) in [5.41, 5.74) is 1.11. The lowest BCUT2D eigenvalue weighted by Crippen LogP contribution is -2.55. The number of hydrogen-bond acceptors (Lipinski definition) is 7. The van der Waals surface area contributed by atoms with Gasteiger partial charge in [0.15, 0.2) is 0 Å². The van der Waals surface area contributed by atoms with Gasteiger partial charge in [0.25, 0.3) is 0 Å². The van der Waals surface area contributed by atoms with Gasteiger partial charge in [0.05, 0.1) is 12.8 Å². The second-order valence-electron chi connectivity index (χ2n) is 11.6. The van der Waals surface area contributed by atoms with Gasteiger partial charge in [-0.3, -0.25) is 14.5 Å². The number of ether oxygens (including phenoxy) is 1. The van der Waals surface area contributed by atoms with Gasteiger partial charge in [-0.25, -0.2) is 9.59 Å². The van der Waals surface area contributed by atoms with Crippen LogP contribution in [0, 0.1) is 11.8 Å². The highest BCUT2D eigenvalue weighted by Gasteiger charge is 2.38. The van der Waals surface area contributed by atoms with E-state index in [1.807, 2.05) is 18.2 Å². The van der Waals surface area contributed by atoms with E-state index >= 15 is 0 Å². The molecular weight excluding hydrogens is 538 g/mol. The van der Waals surface area contributed by atoms with Crippen LogP contribution in [0.25, 0.3) is 0 Å². The topological polar surface area (TPSA) is 136 Å². The number of anilines is 1. The van der Waals surface area contributed by atoms with E-state index in [9.17, 15) is 19.2 Å². The number of carbonyl (C=O) groups excluding carboxylic acids is 2. The van der Waals surface area contributed by atoms with E-state index in [0.29, 0.717) is 12.2 Å². The van der Waals surface area contributed by atoms with E-state index in [0.717, 1.165) is 88.9 Å². The summed E-state index contributed by atoms with van der Waals surface area (Å²) in [6, 6.07) is 8.27. The van der Waals surface area contributed by atoms with Crippen molar-refractivity contribution in [1.29, 1.82) is 0 Å². The van der Waals surface area contributed by atoms with Crippen LogP contribution < -0.4 is 15.0 Å². The minimum atomic E-state index is -1.26. The van der Waals surface area contributed by atoms with Crippen molar-refractivity contribution in [3.8, 4) is 5.75 Å². The molecule has 1 heterocycles. The molecule has 3 fully saturated rings. The van der Waals surface area contributed by atoms with Crippen LogP contribution in [0.3, 0.4) is 0 Å². The van der Waals surface area contributed by atoms with Crippen molar-refractivity contribution in [2.24, 2.45) is 11.8 Å². The summed E-state index contributed by atoms with van der Waals surface area (Å²) in [6.07, 6.45) is 12.5. The van der Waals surface area contributed by atoms with Gasteiger partial charge in [0, 0.05) is 55.7 Å². The number of amides is 2. The molecule has 4 rings (SSSR count). The van der Waals surface area contributed by atoms with Gasteiger partial charge < -0.3 is 25.2 Å². The number of para-hydroxylation sites is 2. The van der Waals surface area contributed by atoms with Crippen LogP contribution >= 0.6 is 0 Å². The molecule has 2 aliphatic carbocycles. The highest BCUT2D eigenvalue weighted by atomic mass is 16.5. The molecule has 1 aromatic rings. The molecule has 2 saturated carbocycles. The quantitative estimate of drug-likeness (QED) is 0.283. The Hall–Kier alpha value is -3.40. The fraction of sp³-hybridized carbons (Fsp3) is 0.625. The number of carboxylic acid groups (broad SMARTS) is 2. The molecule has 0 radical (unpaired) electrons. The molecule has 2 unspecified atom stereocenters. The first kappa shape index (κ1) is 33.1. The van der Waals surface area contributed by atoms with Crippen LogP contribution in [0.1, 0.15) is 77.6 Å². The Morgan fingerprint density at radius 2 is 1.45 bits per heavy atom. The zero-order valence-corrected chi connectivity index (χ0v) is 25.0. The number of aliphatic carboxylic acids is 2.